The lowest BCUT2D eigenvalue weighted by Crippen LogP contribution is -2.15. The molecular weight excluding hydrogens is 278 g/mol. The number of nitrogens with one attached hydrogen (secondary N) is 1. The highest BCUT2D eigenvalue weighted by Crippen LogP contribution is 2.19. The van der Waals surface area contributed by atoms with Crippen molar-refractivity contribution in [1.82, 2.24) is 5.16 Å². The number of fused-ring (bicyclic) bond motifs is 1. The van der Waals surface area contributed by atoms with Crippen molar-refractivity contribution in [3.8, 4) is 0 Å². The van der Waals surface area contributed by atoms with Gasteiger partial charge in [0.15, 0.2) is 5.58 Å². The number of amides is 1. The Balaban J connectivity index is 1.69. The SMILES string of the molecule is CN(C)c1ccc(NC(=O)Cc2noc3ccccc23)cc1. The molecule has 0 radical (unpaired) electrons. The topological polar surface area (TPSA) is 58.4 Å². The number of carbonyl (C=O) groups excluding carboxylic acids is 1. The van der Waals surface area contributed by atoms with Gasteiger partial charge < -0.3 is 14.7 Å². The highest BCUT2D eigenvalue weighted by atomic mass is 16.5. The Kier molecular flexibility index (Phi) is 3.78. The summed E-state index contributed by atoms with van der Waals surface area (Å²) in [5, 5.41) is 7.72. The molecule has 22 heavy (non-hydrogen) atoms. The molecule has 1 amide bonds. The molecule has 0 unspecified atom stereocenters. The van der Waals surface area contributed by atoms with Gasteiger partial charge in [-0.25, -0.2) is 0 Å². The van der Waals surface area contributed by atoms with Gasteiger partial charge in [-0.3, -0.25) is 4.79 Å². The van der Waals surface area contributed by atoms with Gasteiger partial charge in [-0.2, -0.15) is 0 Å². The van der Waals surface area contributed by atoms with E-state index >= 15 is 0 Å². The molecule has 0 atom stereocenters. The fourth-order valence-electron chi connectivity index (χ4n) is 2.27. The van der Waals surface area contributed by atoms with Crippen molar-refractivity contribution in [3.63, 3.8) is 0 Å². The van der Waals surface area contributed by atoms with Crippen molar-refractivity contribution >= 4 is 28.3 Å². The maximum absolute atomic E-state index is 12.1. The maximum atomic E-state index is 12.1. The van der Waals surface area contributed by atoms with Crippen molar-refractivity contribution in [3.05, 3.63) is 54.2 Å². The molecule has 0 aliphatic rings. The van der Waals surface area contributed by atoms with Crippen molar-refractivity contribution in [2.45, 2.75) is 6.42 Å². The summed E-state index contributed by atoms with van der Waals surface area (Å²) < 4.78 is 5.21. The van der Waals surface area contributed by atoms with Crippen molar-refractivity contribution in [1.29, 1.82) is 0 Å². The molecule has 0 aliphatic carbocycles. The Morgan fingerprint density at radius 2 is 1.86 bits per heavy atom. The van der Waals surface area contributed by atoms with Gasteiger partial charge in [-0.05, 0) is 36.4 Å². The number of hydrogen-bond donors (Lipinski definition) is 1. The highest BCUT2D eigenvalue weighted by molar-refractivity contribution is 5.94. The molecule has 1 aromatic heterocycles. The summed E-state index contributed by atoms with van der Waals surface area (Å²) in [7, 11) is 3.95. The monoisotopic (exact) mass is 295 g/mol. The molecule has 1 heterocycles. The molecule has 1 N–H and O–H groups in total. The average molecular weight is 295 g/mol. The Bertz CT molecular complexity index is 791. The Morgan fingerprint density at radius 1 is 1.14 bits per heavy atom. The summed E-state index contributed by atoms with van der Waals surface area (Å²) in [6.07, 6.45) is 0.187. The van der Waals surface area contributed by atoms with Crippen molar-refractivity contribution in [2.75, 3.05) is 24.3 Å². The second-order valence-corrected chi connectivity index (χ2v) is 5.29. The average Bonchev–Trinajstić information content (AvgIpc) is 2.91. The third kappa shape index (κ3) is 2.93. The van der Waals surface area contributed by atoms with E-state index in [2.05, 4.69) is 10.5 Å². The Hall–Kier alpha value is -2.82. The van der Waals surface area contributed by atoms with Gasteiger partial charge in [0.25, 0.3) is 0 Å². The summed E-state index contributed by atoms with van der Waals surface area (Å²) in [6, 6.07) is 15.2. The van der Waals surface area contributed by atoms with Crippen molar-refractivity contribution in [2.24, 2.45) is 0 Å². The van der Waals surface area contributed by atoms with E-state index in [0.29, 0.717) is 11.3 Å². The van der Waals surface area contributed by atoms with Crippen LogP contribution in [0.2, 0.25) is 0 Å². The first-order chi connectivity index (χ1) is 10.6. The fraction of sp³-hybridized carbons (Fsp3) is 0.176. The van der Waals surface area contributed by atoms with Crippen molar-refractivity contribution < 1.29 is 9.32 Å². The second kappa shape index (κ2) is 5.89. The summed E-state index contributed by atoms with van der Waals surface area (Å²) in [6.45, 7) is 0. The minimum atomic E-state index is -0.114. The van der Waals surface area contributed by atoms with Crippen LogP contribution in [0.15, 0.2) is 53.1 Å². The van der Waals surface area contributed by atoms with Gasteiger partial charge in [0, 0.05) is 30.9 Å². The molecule has 0 bridgehead atoms. The Morgan fingerprint density at radius 3 is 2.59 bits per heavy atom. The fourth-order valence-corrected chi connectivity index (χ4v) is 2.27. The maximum Gasteiger partial charge on any atom is 0.230 e. The van der Waals surface area contributed by atoms with Crippen LogP contribution in [0.3, 0.4) is 0 Å². The van der Waals surface area contributed by atoms with E-state index in [0.717, 1.165) is 16.8 Å². The lowest BCUT2D eigenvalue weighted by atomic mass is 10.1. The van der Waals surface area contributed by atoms with E-state index < -0.39 is 0 Å². The predicted molar refractivity (Wildman–Crippen MR) is 87.1 cm³/mol. The van der Waals surface area contributed by atoms with Gasteiger partial charge in [0.1, 0.15) is 5.69 Å². The summed E-state index contributed by atoms with van der Waals surface area (Å²) in [5.41, 5.74) is 3.20. The van der Waals surface area contributed by atoms with Gasteiger partial charge in [-0.1, -0.05) is 17.3 Å². The Labute approximate surface area is 128 Å². The van der Waals surface area contributed by atoms with Crippen LogP contribution in [-0.2, 0) is 11.2 Å². The van der Waals surface area contributed by atoms with E-state index in [-0.39, 0.29) is 12.3 Å². The number of benzene rings is 2. The van der Waals surface area contributed by atoms with Gasteiger partial charge in [-0.15, -0.1) is 0 Å². The number of para-hydroxylation sites is 1. The molecular formula is C17H17N3O2. The van der Waals surface area contributed by atoms with E-state index in [9.17, 15) is 4.79 Å². The van der Waals surface area contributed by atoms with Crippen LogP contribution >= 0.6 is 0 Å². The van der Waals surface area contributed by atoms with Gasteiger partial charge in [0.2, 0.25) is 5.91 Å². The molecule has 3 aromatic rings. The third-order valence-corrected chi connectivity index (χ3v) is 3.45. The van der Waals surface area contributed by atoms with Gasteiger partial charge >= 0.3 is 0 Å². The van der Waals surface area contributed by atoms with E-state index in [1.165, 1.54) is 0 Å². The molecule has 5 nitrogen and oxygen atoms in total. The predicted octanol–water partition coefficient (Wildman–Crippen LogP) is 3.08. The number of aromatic nitrogens is 1. The first kappa shape index (κ1) is 14.1. The molecule has 0 aliphatic heterocycles. The third-order valence-electron chi connectivity index (χ3n) is 3.45. The molecule has 112 valence electrons. The normalized spacial score (nSPS) is 10.6. The van der Waals surface area contributed by atoms with E-state index in [4.69, 9.17) is 4.52 Å². The number of hydrogen-bond acceptors (Lipinski definition) is 4. The molecule has 0 saturated heterocycles. The summed E-state index contributed by atoms with van der Waals surface area (Å²) >= 11 is 0. The zero-order valence-electron chi connectivity index (χ0n) is 12.5. The quantitative estimate of drug-likeness (QED) is 0.803. The minimum absolute atomic E-state index is 0.114. The summed E-state index contributed by atoms with van der Waals surface area (Å²) in [5.74, 6) is -0.114. The minimum Gasteiger partial charge on any atom is -0.378 e. The van der Waals surface area contributed by atoms with Crippen LogP contribution in [0, 0.1) is 0 Å². The lowest BCUT2D eigenvalue weighted by molar-refractivity contribution is -0.115. The van der Waals surface area contributed by atoms with E-state index in [1.807, 2.05) is 67.5 Å². The number of rotatable bonds is 4. The largest absolute Gasteiger partial charge is 0.378 e. The van der Waals surface area contributed by atoms with Crippen LogP contribution < -0.4 is 10.2 Å². The smallest absolute Gasteiger partial charge is 0.230 e. The van der Waals surface area contributed by atoms with Crippen LogP contribution in [-0.4, -0.2) is 25.2 Å². The van der Waals surface area contributed by atoms with E-state index in [1.54, 1.807) is 0 Å². The molecule has 0 spiro atoms. The molecule has 0 fully saturated rings. The molecule has 0 saturated carbocycles. The van der Waals surface area contributed by atoms with Crippen LogP contribution in [0.4, 0.5) is 11.4 Å². The molecule has 3 rings (SSSR count). The summed E-state index contributed by atoms with van der Waals surface area (Å²) in [4.78, 5) is 14.1. The van der Waals surface area contributed by atoms with Crippen LogP contribution in [0.1, 0.15) is 5.69 Å². The van der Waals surface area contributed by atoms with Crippen LogP contribution in [0.5, 0.6) is 0 Å². The number of anilines is 2. The first-order valence-corrected chi connectivity index (χ1v) is 7.04. The zero-order valence-corrected chi connectivity index (χ0v) is 12.5. The van der Waals surface area contributed by atoms with Gasteiger partial charge in [0.05, 0.1) is 6.42 Å². The van der Waals surface area contributed by atoms with Crippen LogP contribution in [0.25, 0.3) is 11.0 Å². The zero-order chi connectivity index (χ0) is 15.5. The number of nitrogens with zero attached hydrogens (tertiary/aromatic N) is 2. The number of carbonyl (C=O) groups is 1. The lowest BCUT2D eigenvalue weighted by Gasteiger charge is -2.12. The first-order valence-electron chi connectivity index (χ1n) is 7.04. The highest BCUT2D eigenvalue weighted by Gasteiger charge is 2.12. The molecule has 5 heteroatoms. The second-order valence-electron chi connectivity index (χ2n) is 5.29. The standard InChI is InChI=1S/C17H17N3O2/c1-20(2)13-9-7-12(8-10-13)18-17(21)11-15-14-5-3-4-6-16(14)22-19-15/h3-10H,11H2,1-2H3,(H,18,21). The molecule has 2 aromatic carbocycles.